The third-order valence-electron chi connectivity index (χ3n) is 2.80. The van der Waals surface area contributed by atoms with Crippen LogP contribution in [0.5, 0.6) is 5.75 Å². The Morgan fingerprint density at radius 3 is 2.82 bits per heavy atom. The van der Waals surface area contributed by atoms with E-state index >= 15 is 0 Å². The van der Waals surface area contributed by atoms with Gasteiger partial charge in [0.25, 0.3) is 0 Å². The van der Waals surface area contributed by atoms with Gasteiger partial charge in [-0.1, -0.05) is 42.5 Å². The number of carbonyl (C=O) groups excluding carboxylic acids is 1. The smallest absolute Gasteiger partial charge is 0.243 e. The molecule has 5 heteroatoms. The Balaban J connectivity index is 1.89. The van der Waals surface area contributed by atoms with Crippen molar-refractivity contribution in [2.45, 2.75) is 0 Å². The molecule has 0 aliphatic carbocycles. The molecule has 0 saturated heterocycles. The van der Waals surface area contributed by atoms with E-state index in [9.17, 15) is 4.79 Å². The molecule has 2 aromatic rings. The molecule has 0 fully saturated rings. The largest absolute Gasteiger partial charge is 0.489 e. The Bertz CT molecular complexity index is 659. The van der Waals surface area contributed by atoms with E-state index in [-0.39, 0.29) is 12.5 Å². The summed E-state index contributed by atoms with van der Waals surface area (Å²) in [5.41, 5.74) is 1.40. The highest BCUT2D eigenvalue weighted by Gasteiger charge is 2.05. The number of ether oxygens (including phenoxy) is 1. The van der Waals surface area contributed by atoms with Crippen molar-refractivity contribution >= 4 is 28.9 Å². The molecule has 0 aliphatic heterocycles. The Morgan fingerprint density at radius 2 is 2.05 bits per heavy atom. The second kappa shape index (κ2) is 8.10. The maximum absolute atomic E-state index is 11.9. The van der Waals surface area contributed by atoms with Gasteiger partial charge in [0.05, 0.1) is 17.3 Å². The second-order valence-corrected chi connectivity index (χ2v) is 4.92. The monoisotopic (exact) mass is 316 g/mol. The summed E-state index contributed by atoms with van der Waals surface area (Å²) in [6, 6.07) is 14.5. The van der Waals surface area contributed by atoms with Crippen LogP contribution in [0.1, 0.15) is 0 Å². The highest BCUT2D eigenvalue weighted by Crippen LogP contribution is 2.20. The van der Waals surface area contributed by atoms with Crippen LogP contribution in [0.3, 0.4) is 0 Å². The topological polar surface area (TPSA) is 50.4 Å². The van der Waals surface area contributed by atoms with Gasteiger partial charge in [-0.2, -0.15) is 0 Å². The zero-order chi connectivity index (χ0) is 15.8. The van der Waals surface area contributed by atoms with Crippen LogP contribution in [0.2, 0.25) is 5.02 Å². The molecule has 0 atom stereocenters. The molecule has 0 saturated carbocycles. The van der Waals surface area contributed by atoms with Crippen LogP contribution < -0.4 is 15.4 Å². The number of para-hydroxylation sites is 1. The summed E-state index contributed by atoms with van der Waals surface area (Å²) < 4.78 is 5.42. The lowest BCUT2D eigenvalue weighted by atomic mass is 10.3. The van der Waals surface area contributed by atoms with Crippen molar-refractivity contribution in [2.75, 3.05) is 23.8 Å². The summed E-state index contributed by atoms with van der Waals surface area (Å²) in [5, 5.41) is 6.37. The lowest BCUT2D eigenvalue weighted by Crippen LogP contribution is -2.21. The number of rotatable bonds is 7. The number of hydrogen-bond acceptors (Lipinski definition) is 3. The Morgan fingerprint density at radius 1 is 1.23 bits per heavy atom. The number of halogens is 1. The number of benzene rings is 2. The number of amides is 1. The van der Waals surface area contributed by atoms with Gasteiger partial charge in [0.2, 0.25) is 5.91 Å². The molecule has 1 amide bonds. The maximum Gasteiger partial charge on any atom is 0.243 e. The first-order valence-corrected chi connectivity index (χ1v) is 7.19. The molecule has 2 aromatic carbocycles. The van der Waals surface area contributed by atoms with Crippen molar-refractivity contribution in [1.29, 1.82) is 0 Å². The first-order valence-electron chi connectivity index (χ1n) is 6.81. The van der Waals surface area contributed by atoms with E-state index in [1.54, 1.807) is 24.3 Å². The van der Waals surface area contributed by atoms with Crippen LogP contribution in [0, 0.1) is 0 Å². The third-order valence-corrected chi connectivity index (χ3v) is 3.13. The van der Waals surface area contributed by atoms with Crippen molar-refractivity contribution in [1.82, 2.24) is 0 Å². The van der Waals surface area contributed by atoms with Gasteiger partial charge in [0.15, 0.2) is 0 Å². The minimum Gasteiger partial charge on any atom is -0.489 e. The van der Waals surface area contributed by atoms with E-state index in [1.807, 2.05) is 30.3 Å². The summed E-state index contributed by atoms with van der Waals surface area (Å²) in [6.07, 6.45) is 1.67. The first-order chi connectivity index (χ1) is 10.7. The fraction of sp³-hybridized carbons (Fsp3) is 0.118. The predicted octanol–water partition coefficient (Wildman–Crippen LogP) is 3.96. The minimum atomic E-state index is -0.166. The number of carbonyl (C=O) groups is 1. The molecule has 0 unspecified atom stereocenters. The van der Waals surface area contributed by atoms with Crippen LogP contribution in [-0.2, 0) is 4.79 Å². The van der Waals surface area contributed by atoms with Crippen molar-refractivity contribution < 1.29 is 9.53 Å². The molecule has 0 bridgehead atoms. The van der Waals surface area contributed by atoms with Gasteiger partial charge < -0.3 is 15.4 Å². The molecule has 0 radical (unpaired) electrons. The zero-order valence-electron chi connectivity index (χ0n) is 12.0. The van der Waals surface area contributed by atoms with Crippen LogP contribution in [0.15, 0.2) is 61.2 Å². The molecule has 0 aromatic heterocycles. The van der Waals surface area contributed by atoms with Crippen molar-refractivity contribution in [2.24, 2.45) is 0 Å². The average Bonchev–Trinajstić information content (AvgIpc) is 2.52. The van der Waals surface area contributed by atoms with E-state index in [0.717, 1.165) is 5.69 Å². The fourth-order valence-corrected chi connectivity index (χ4v) is 2.01. The van der Waals surface area contributed by atoms with Crippen molar-refractivity contribution in [3.8, 4) is 5.75 Å². The Labute approximate surface area is 134 Å². The first kappa shape index (κ1) is 15.9. The molecule has 0 spiro atoms. The van der Waals surface area contributed by atoms with Gasteiger partial charge in [-0.05, 0) is 24.3 Å². The number of anilines is 2. The summed E-state index contributed by atoms with van der Waals surface area (Å²) in [4.78, 5) is 11.9. The van der Waals surface area contributed by atoms with Crippen molar-refractivity contribution in [3.05, 3.63) is 66.2 Å². The van der Waals surface area contributed by atoms with Gasteiger partial charge >= 0.3 is 0 Å². The SMILES string of the molecule is C=CCOc1cccc(NC(=O)CNc2ccccc2Cl)c1. The average molecular weight is 317 g/mol. The number of nitrogens with one attached hydrogen (secondary N) is 2. The lowest BCUT2D eigenvalue weighted by Gasteiger charge is -2.10. The maximum atomic E-state index is 11.9. The highest BCUT2D eigenvalue weighted by atomic mass is 35.5. The van der Waals surface area contributed by atoms with Gasteiger partial charge in [0.1, 0.15) is 12.4 Å². The molecule has 4 nitrogen and oxygen atoms in total. The van der Waals surface area contributed by atoms with E-state index in [4.69, 9.17) is 16.3 Å². The molecule has 0 heterocycles. The second-order valence-electron chi connectivity index (χ2n) is 4.51. The molecule has 0 aliphatic rings. The van der Waals surface area contributed by atoms with Gasteiger partial charge in [-0.3, -0.25) is 4.79 Å². The Hall–Kier alpha value is -2.46. The summed E-state index contributed by atoms with van der Waals surface area (Å²) in [5.74, 6) is 0.512. The van der Waals surface area contributed by atoms with Gasteiger partial charge in [-0.15, -0.1) is 0 Å². The molecular formula is C17H17ClN2O2. The molecular weight excluding hydrogens is 300 g/mol. The quantitative estimate of drug-likeness (QED) is 0.760. The van der Waals surface area contributed by atoms with Crippen LogP contribution >= 0.6 is 11.6 Å². The fourth-order valence-electron chi connectivity index (χ4n) is 1.80. The molecule has 2 N–H and O–H groups in total. The number of hydrogen-bond donors (Lipinski definition) is 2. The standard InChI is InChI=1S/C17H17ClN2O2/c1-2-10-22-14-7-5-6-13(11-14)20-17(21)12-19-16-9-4-3-8-15(16)18/h2-9,11,19H,1,10,12H2,(H,20,21). The van der Waals surface area contributed by atoms with E-state index in [1.165, 1.54) is 0 Å². The molecule has 22 heavy (non-hydrogen) atoms. The summed E-state index contributed by atoms with van der Waals surface area (Å²) >= 11 is 6.02. The van der Waals surface area contributed by atoms with Gasteiger partial charge in [0, 0.05) is 11.8 Å². The summed E-state index contributed by atoms with van der Waals surface area (Å²) in [6.45, 7) is 4.14. The molecule has 114 valence electrons. The summed E-state index contributed by atoms with van der Waals surface area (Å²) in [7, 11) is 0. The predicted molar refractivity (Wildman–Crippen MR) is 90.7 cm³/mol. The minimum absolute atomic E-state index is 0.126. The van der Waals surface area contributed by atoms with Gasteiger partial charge in [-0.25, -0.2) is 0 Å². The highest BCUT2D eigenvalue weighted by molar-refractivity contribution is 6.33. The lowest BCUT2D eigenvalue weighted by molar-refractivity contribution is -0.114. The van der Waals surface area contributed by atoms with Crippen LogP contribution in [-0.4, -0.2) is 19.1 Å². The van der Waals surface area contributed by atoms with E-state index in [0.29, 0.717) is 23.1 Å². The van der Waals surface area contributed by atoms with E-state index in [2.05, 4.69) is 17.2 Å². The van der Waals surface area contributed by atoms with Crippen LogP contribution in [0.25, 0.3) is 0 Å². The molecule has 2 rings (SSSR count). The Kier molecular flexibility index (Phi) is 5.86. The zero-order valence-corrected chi connectivity index (χ0v) is 12.8. The van der Waals surface area contributed by atoms with Crippen LogP contribution in [0.4, 0.5) is 11.4 Å². The van der Waals surface area contributed by atoms with Crippen molar-refractivity contribution in [3.63, 3.8) is 0 Å². The third kappa shape index (κ3) is 4.82. The van der Waals surface area contributed by atoms with E-state index < -0.39 is 0 Å². The normalized spacial score (nSPS) is 9.86.